The van der Waals surface area contributed by atoms with Crippen LogP contribution in [0.4, 0.5) is 24.5 Å². The molecule has 0 aliphatic carbocycles. The molecule has 0 spiro atoms. The highest BCUT2D eigenvalue weighted by Crippen LogP contribution is 2.36. The number of alkyl halides is 3. The number of benzene rings is 2. The molecule has 0 bridgehead atoms. The van der Waals surface area contributed by atoms with Crippen molar-refractivity contribution < 1.29 is 27.4 Å². The second-order valence-electron chi connectivity index (χ2n) is 5.16. The smallest absolute Gasteiger partial charge is 0.417 e. The maximum atomic E-state index is 12.8. The topological polar surface area (TPSA) is 59.6 Å². The van der Waals surface area contributed by atoms with Crippen molar-refractivity contribution in [3.05, 3.63) is 47.0 Å². The molecule has 0 fully saturated rings. The number of hydrogen-bond acceptors (Lipinski definition) is 4. The average molecular weight is 389 g/mol. The molecule has 0 radical (unpaired) electrons. The molecule has 26 heavy (non-hydrogen) atoms. The largest absolute Gasteiger partial charge is 0.493 e. The van der Waals surface area contributed by atoms with Crippen LogP contribution in [0.1, 0.15) is 5.56 Å². The van der Waals surface area contributed by atoms with Gasteiger partial charge in [0, 0.05) is 17.4 Å². The predicted molar refractivity (Wildman–Crippen MR) is 93.1 cm³/mol. The van der Waals surface area contributed by atoms with E-state index in [1.54, 1.807) is 18.2 Å². The highest BCUT2D eigenvalue weighted by molar-refractivity contribution is 6.31. The van der Waals surface area contributed by atoms with Gasteiger partial charge in [-0.2, -0.15) is 13.2 Å². The zero-order valence-corrected chi connectivity index (χ0v) is 14.7. The third-order valence-electron chi connectivity index (χ3n) is 3.39. The number of rotatable bonds is 6. The Kier molecular flexibility index (Phi) is 6.20. The number of hydrogen-bond donors (Lipinski definition) is 2. The first-order chi connectivity index (χ1) is 12.2. The molecular formula is C17H16ClF3N2O3. The zero-order chi connectivity index (χ0) is 19.3. The summed E-state index contributed by atoms with van der Waals surface area (Å²) in [7, 11) is 2.95. The Morgan fingerprint density at radius 1 is 1.04 bits per heavy atom. The van der Waals surface area contributed by atoms with Crippen molar-refractivity contribution in [2.75, 3.05) is 31.4 Å². The zero-order valence-electron chi connectivity index (χ0n) is 13.9. The quantitative estimate of drug-likeness (QED) is 0.768. The summed E-state index contributed by atoms with van der Waals surface area (Å²) in [6, 6.07) is 8.15. The van der Waals surface area contributed by atoms with Gasteiger partial charge in [-0.1, -0.05) is 11.6 Å². The van der Waals surface area contributed by atoms with E-state index in [-0.39, 0.29) is 12.2 Å². The fourth-order valence-corrected chi connectivity index (χ4v) is 2.38. The van der Waals surface area contributed by atoms with Crippen molar-refractivity contribution in [3.8, 4) is 11.5 Å². The lowest BCUT2D eigenvalue weighted by atomic mass is 10.2. The summed E-state index contributed by atoms with van der Waals surface area (Å²) in [6.45, 7) is -0.229. The van der Waals surface area contributed by atoms with Gasteiger partial charge in [-0.15, -0.1) is 0 Å². The second kappa shape index (κ2) is 8.18. The van der Waals surface area contributed by atoms with Crippen molar-refractivity contribution >= 4 is 28.9 Å². The van der Waals surface area contributed by atoms with Crippen LogP contribution in [0.15, 0.2) is 36.4 Å². The molecule has 0 aromatic heterocycles. The van der Waals surface area contributed by atoms with Crippen LogP contribution >= 0.6 is 11.6 Å². The first-order valence-corrected chi connectivity index (χ1v) is 7.75. The highest BCUT2D eigenvalue weighted by Gasteiger charge is 2.33. The maximum absolute atomic E-state index is 12.8. The average Bonchev–Trinajstić information content (AvgIpc) is 2.59. The number of ether oxygens (including phenoxy) is 2. The molecule has 5 nitrogen and oxygen atoms in total. The SMILES string of the molecule is COc1ccc(NC(=O)CNc2ccc(Cl)c(C(F)(F)F)c2)cc1OC. The van der Waals surface area contributed by atoms with E-state index in [9.17, 15) is 18.0 Å². The minimum Gasteiger partial charge on any atom is -0.493 e. The Balaban J connectivity index is 2.01. The number of nitrogens with one attached hydrogen (secondary N) is 2. The fraction of sp³-hybridized carbons (Fsp3) is 0.235. The molecule has 0 aliphatic rings. The van der Waals surface area contributed by atoms with E-state index < -0.39 is 22.7 Å². The minimum atomic E-state index is -4.57. The van der Waals surface area contributed by atoms with Gasteiger partial charge in [-0.3, -0.25) is 4.79 Å². The van der Waals surface area contributed by atoms with E-state index in [2.05, 4.69) is 10.6 Å². The number of carbonyl (C=O) groups is 1. The van der Waals surface area contributed by atoms with Gasteiger partial charge in [0.2, 0.25) is 5.91 Å². The van der Waals surface area contributed by atoms with E-state index in [0.717, 1.165) is 12.1 Å². The van der Waals surface area contributed by atoms with Crippen molar-refractivity contribution in [3.63, 3.8) is 0 Å². The normalized spacial score (nSPS) is 11.0. The number of methoxy groups -OCH3 is 2. The molecule has 2 N–H and O–H groups in total. The van der Waals surface area contributed by atoms with E-state index in [1.807, 2.05) is 0 Å². The van der Waals surface area contributed by atoms with Gasteiger partial charge in [-0.05, 0) is 30.3 Å². The summed E-state index contributed by atoms with van der Waals surface area (Å²) in [5.74, 6) is 0.496. The van der Waals surface area contributed by atoms with Crippen molar-refractivity contribution in [2.45, 2.75) is 6.18 Å². The van der Waals surface area contributed by atoms with Gasteiger partial charge in [0.1, 0.15) is 0 Å². The van der Waals surface area contributed by atoms with Crippen LogP contribution in [0.25, 0.3) is 0 Å². The summed E-state index contributed by atoms with van der Waals surface area (Å²) >= 11 is 5.56. The Morgan fingerprint density at radius 2 is 1.69 bits per heavy atom. The predicted octanol–water partition coefficient (Wildman–Crippen LogP) is 4.43. The third kappa shape index (κ3) is 4.95. The molecule has 2 aromatic carbocycles. The van der Waals surface area contributed by atoms with Gasteiger partial charge in [0.25, 0.3) is 0 Å². The number of carbonyl (C=O) groups excluding carboxylic acids is 1. The molecule has 0 atom stereocenters. The summed E-state index contributed by atoms with van der Waals surface area (Å²) in [6.07, 6.45) is -4.57. The molecule has 2 aromatic rings. The standard InChI is InChI=1S/C17H16ClF3N2O3/c1-25-14-6-4-11(8-15(14)26-2)23-16(24)9-22-10-3-5-13(18)12(7-10)17(19,20)21/h3-8,22H,9H2,1-2H3,(H,23,24). The lowest BCUT2D eigenvalue weighted by Gasteiger charge is -2.13. The Labute approximate surface area is 153 Å². The molecule has 0 heterocycles. The summed E-state index contributed by atoms with van der Waals surface area (Å²) < 4.78 is 48.7. The van der Waals surface area contributed by atoms with Gasteiger partial charge in [-0.25, -0.2) is 0 Å². The lowest BCUT2D eigenvalue weighted by molar-refractivity contribution is -0.137. The molecule has 1 amide bonds. The van der Waals surface area contributed by atoms with E-state index in [0.29, 0.717) is 17.2 Å². The van der Waals surface area contributed by atoms with Gasteiger partial charge < -0.3 is 20.1 Å². The molecular weight excluding hydrogens is 373 g/mol. The fourth-order valence-electron chi connectivity index (χ4n) is 2.15. The summed E-state index contributed by atoms with van der Waals surface area (Å²) in [4.78, 5) is 12.0. The van der Waals surface area contributed by atoms with Crippen LogP contribution in [0.2, 0.25) is 5.02 Å². The number of amides is 1. The molecule has 140 valence electrons. The van der Waals surface area contributed by atoms with Crippen LogP contribution in [-0.4, -0.2) is 26.7 Å². The molecule has 0 saturated carbocycles. The van der Waals surface area contributed by atoms with Crippen LogP contribution in [0.3, 0.4) is 0 Å². The van der Waals surface area contributed by atoms with Crippen LogP contribution in [0, 0.1) is 0 Å². The first-order valence-electron chi connectivity index (χ1n) is 7.37. The van der Waals surface area contributed by atoms with E-state index in [4.69, 9.17) is 21.1 Å². The summed E-state index contributed by atoms with van der Waals surface area (Å²) in [5, 5.41) is 4.83. The molecule has 0 saturated heterocycles. The monoisotopic (exact) mass is 388 g/mol. The van der Waals surface area contributed by atoms with E-state index >= 15 is 0 Å². The Bertz CT molecular complexity index is 797. The van der Waals surface area contributed by atoms with Gasteiger partial charge >= 0.3 is 6.18 Å². The molecule has 2 rings (SSSR count). The van der Waals surface area contributed by atoms with Gasteiger partial charge in [0.05, 0.1) is 31.4 Å². The molecule has 0 aliphatic heterocycles. The van der Waals surface area contributed by atoms with Crippen LogP contribution in [0.5, 0.6) is 11.5 Å². The molecule has 0 unspecified atom stereocenters. The second-order valence-corrected chi connectivity index (χ2v) is 5.57. The first kappa shape index (κ1) is 19.7. The van der Waals surface area contributed by atoms with E-state index in [1.165, 1.54) is 20.3 Å². The number of halogens is 4. The van der Waals surface area contributed by atoms with Crippen LogP contribution in [-0.2, 0) is 11.0 Å². The van der Waals surface area contributed by atoms with Crippen molar-refractivity contribution in [2.24, 2.45) is 0 Å². The van der Waals surface area contributed by atoms with Crippen molar-refractivity contribution in [1.29, 1.82) is 0 Å². The Hall–Kier alpha value is -2.61. The van der Waals surface area contributed by atoms with Gasteiger partial charge in [0.15, 0.2) is 11.5 Å². The molecule has 9 heteroatoms. The summed E-state index contributed by atoms with van der Waals surface area (Å²) in [5.41, 5.74) is -0.379. The highest BCUT2D eigenvalue weighted by atomic mass is 35.5. The minimum absolute atomic E-state index is 0.129. The van der Waals surface area contributed by atoms with Crippen molar-refractivity contribution in [1.82, 2.24) is 0 Å². The maximum Gasteiger partial charge on any atom is 0.417 e. The third-order valence-corrected chi connectivity index (χ3v) is 3.72. The number of anilines is 2. The Morgan fingerprint density at radius 3 is 2.31 bits per heavy atom. The lowest BCUT2D eigenvalue weighted by Crippen LogP contribution is -2.22. The van der Waals surface area contributed by atoms with Crippen LogP contribution < -0.4 is 20.1 Å².